The molecule has 3 heterocycles. The van der Waals surface area contributed by atoms with E-state index in [4.69, 9.17) is 32.9 Å². The van der Waals surface area contributed by atoms with Gasteiger partial charge in [0.1, 0.15) is 30.2 Å². The van der Waals surface area contributed by atoms with Crippen molar-refractivity contribution in [3.63, 3.8) is 0 Å². The lowest BCUT2D eigenvalue weighted by Crippen LogP contribution is -2.55. The predicted octanol–water partition coefficient (Wildman–Crippen LogP) is 6.00. The average molecular weight is 678 g/mol. The van der Waals surface area contributed by atoms with Crippen LogP contribution in [0.3, 0.4) is 0 Å². The molecular formula is C35H32Cl2F2N6O2. The van der Waals surface area contributed by atoms with E-state index in [1.807, 2.05) is 47.2 Å². The first-order chi connectivity index (χ1) is 22.6. The SMILES string of the molecule is C=CC(=O)N1CCN(C2=C(C#N)C(OC[C@@H]3C[C@@H](F)CN3C)=NC3C=C(c4cccc5ccc(F)c(Cl)c45)C(Cl)=CC23)C[C@@H]1CC#N. The van der Waals surface area contributed by atoms with Gasteiger partial charge in [-0.2, -0.15) is 10.5 Å². The molecule has 0 spiro atoms. The number of ether oxygens (including phenoxy) is 1. The molecule has 47 heavy (non-hydrogen) atoms. The highest BCUT2D eigenvalue weighted by atomic mass is 35.5. The monoisotopic (exact) mass is 676 g/mol. The number of piperazine rings is 1. The number of nitrogens with zero attached hydrogens (tertiary/aromatic N) is 6. The van der Waals surface area contributed by atoms with Crippen molar-refractivity contribution >= 4 is 51.4 Å². The number of rotatable bonds is 6. The van der Waals surface area contributed by atoms with Crippen LogP contribution in [0.2, 0.25) is 5.02 Å². The third kappa shape index (κ3) is 6.14. The number of carbonyl (C=O) groups excluding carboxylic acids is 1. The first kappa shape index (κ1) is 32.7. The number of carbonyl (C=O) groups is 1. The fourth-order valence-electron chi connectivity index (χ4n) is 7.01. The van der Waals surface area contributed by atoms with E-state index in [-0.39, 0.29) is 41.5 Å². The number of amides is 1. The summed E-state index contributed by atoms with van der Waals surface area (Å²) in [5.74, 6) is -1.17. The first-order valence-corrected chi connectivity index (χ1v) is 16.1. The molecule has 4 aliphatic rings. The van der Waals surface area contributed by atoms with E-state index in [1.165, 1.54) is 12.1 Å². The zero-order valence-corrected chi connectivity index (χ0v) is 27.2. The van der Waals surface area contributed by atoms with Crippen LogP contribution in [0.15, 0.2) is 76.4 Å². The molecule has 5 atom stereocenters. The van der Waals surface area contributed by atoms with Gasteiger partial charge in [-0.15, -0.1) is 0 Å². The number of allylic oxidation sites excluding steroid dienone is 2. The number of hydrogen-bond donors (Lipinski definition) is 0. The van der Waals surface area contributed by atoms with Gasteiger partial charge in [0.15, 0.2) is 0 Å². The Kier molecular flexibility index (Phi) is 9.39. The van der Waals surface area contributed by atoms with Gasteiger partial charge in [0, 0.05) is 54.3 Å². The zero-order chi connectivity index (χ0) is 33.4. The minimum Gasteiger partial charge on any atom is -0.475 e. The van der Waals surface area contributed by atoms with Crippen LogP contribution in [0, 0.1) is 34.4 Å². The number of halogens is 4. The van der Waals surface area contributed by atoms with Crippen LogP contribution in [0.25, 0.3) is 16.3 Å². The molecule has 242 valence electrons. The Labute approximate surface area is 282 Å². The van der Waals surface area contributed by atoms with Crippen molar-refractivity contribution in [2.45, 2.75) is 37.1 Å². The zero-order valence-electron chi connectivity index (χ0n) is 25.7. The standard InChI is InChI=1S/C35H32Cl2F2N6O2/c1-3-31(46)45-12-11-44(18-22(45)9-10-40)34-26-14-28(36)25(24-6-4-5-20-7-8-29(39)33(37)32(20)24)15-30(26)42-35(27(34)16-41)47-19-23-13-21(38)17-43(23)2/h3-8,14-15,21-23,26,30H,1,9,11-13,17-19H2,2H3/t21-,22+,23+,26?,30?/m1/s1. The predicted molar refractivity (Wildman–Crippen MR) is 178 cm³/mol. The lowest BCUT2D eigenvalue weighted by molar-refractivity contribution is -0.130. The third-order valence-corrected chi connectivity index (χ3v) is 10.0. The van der Waals surface area contributed by atoms with Gasteiger partial charge in [0.2, 0.25) is 11.8 Å². The molecule has 0 N–H and O–H groups in total. The molecule has 2 unspecified atom stereocenters. The first-order valence-electron chi connectivity index (χ1n) is 15.4. The normalized spacial score (nSPS) is 26.2. The number of benzene rings is 2. The molecule has 0 radical (unpaired) electrons. The average Bonchev–Trinajstić information content (AvgIpc) is 3.40. The maximum absolute atomic E-state index is 14.6. The van der Waals surface area contributed by atoms with Gasteiger partial charge in [-0.1, -0.05) is 60.1 Å². The second-order valence-electron chi connectivity index (χ2n) is 12.1. The van der Waals surface area contributed by atoms with Crippen LogP contribution < -0.4 is 0 Å². The van der Waals surface area contributed by atoms with Crippen LogP contribution in [-0.4, -0.2) is 90.6 Å². The molecule has 0 bridgehead atoms. The summed E-state index contributed by atoms with van der Waals surface area (Å²) in [7, 11) is 1.83. The molecule has 1 amide bonds. The molecule has 6 rings (SSSR count). The summed E-state index contributed by atoms with van der Waals surface area (Å²) in [6, 6.07) is 11.8. The van der Waals surface area contributed by atoms with E-state index in [2.05, 4.69) is 18.7 Å². The number of hydrogen-bond acceptors (Lipinski definition) is 7. The van der Waals surface area contributed by atoms with Crippen molar-refractivity contribution < 1.29 is 18.3 Å². The summed E-state index contributed by atoms with van der Waals surface area (Å²) in [6.45, 7) is 5.03. The van der Waals surface area contributed by atoms with Crippen molar-refractivity contribution in [1.29, 1.82) is 10.5 Å². The van der Waals surface area contributed by atoms with Gasteiger partial charge >= 0.3 is 0 Å². The quantitative estimate of drug-likeness (QED) is 0.349. The van der Waals surface area contributed by atoms with E-state index in [1.54, 1.807) is 11.0 Å². The van der Waals surface area contributed by atoms with Gasteiger partial charge in [-0.3, -0.25) is 9.69 Å². The Hall–Kier alpha value is -4.22. The lowest BCUT2D eigenvalue weighted by Gasteiger charge is -2.45. The maximum atomic E-state index is 14.6. The number of likely N-dealkylation sites (tertiary alicyclic amines) is 1. The molecule has 3 aliphatic heterocycles. The third-order valence-electron chi connectivity index (χ3n) is 9.34. The number of aliphatic imine (C=N–C) groups is 1. The molecule has 2 fully saturated rings. The van der Waals surface area contributed by atoms with Crippen molar-refractivity contribution in [2.24, 2.45) is 10.9 Å². The summed E-state index contributed by atoms with van der Waals surface area (Å²) < 4.78 is 35.0. The summed E-state index contributed by atoms with van der Waals surface area (Å²) in [4.78, 5) is 23.1. The number of fused-ring (bicyclic) bond motifs is 2. The summed E-state index contributed by atoms with van der Waals surface area (Å²) in [5, 5.41) is 21.7. The minimum atomic E-state index is -0.965. The van der Waals surface area contributed by atoms with Gasteiger partial charge in [-0.05, 0) is 48.2 Å². The van der Waals surface area contributed by atoms with Gasteiger partial charge in [0.25, 0.3) is 0 Å². The summed E-state index contributed by atoms with van der Waals surface area (Å²) in [5.41, 5.74) is 2.08. The molecule has 2 aromatic rings. The number of dihydropyridines is 1. The molecule has 8 nitrogen and oxygen atoms in total. The Morgan fingerprint density at radius 2 is 1.98 bits per heavy atom. The number of alkyl halides is 1. The van der Waals surface area contributed by atoms with E-state index < -0.39 is 30.0 Å². The van der Waals surface area contributed by atoms with Gasteiger partial charge < -0.3 is 14.5 Å². The van der Waals surface area contributed by atoms with E-state index in [0.29, 0.717) is 59.9 Å². The molecule has 12 heteroatoms. The minimum absolute atomic E-state index is 0.0172. The van der Waals surface area contributed by atoms with E-state index in [9.17, 15) is 24.1 Å². The van der Waals surface area contributed by atoms with Crippen LogP contribution in [0.4, 0.5) is 8.78 Å². The highest BCUT2D eigenvalue weighted by molar-refractivity contribution is 6.40. The van der Waals surface area contributed by atoms with Crippen LogP contribution in [0.5, 0.6) is 0 Å². The van der Waals surface area contributed by atoms with Crippen LogP contribution >= 0.6 is 23.2 Å². The highest BCUT2D eigenvalue weighted by Gasteiger charge is 2.41. The second-order valence-corrected chi connectivity index (χ2v) is 12.9. The number of nitriles is 2. The topological polar surface area (TPSA) is 96.0 Å². The molecule has 2 saturated heterocycles. The molecular weight excluding hydrogens is 645 g/mol. The molecule has 0 saturated carbocycles. The Morgan fingerprint density at radius 1 is 1.17 bits per heavy atom. The van der Waals surface area contributed by atoms with E-state index >= 15 is 0 Å². The maximum Gasteiger partial charge on any atom is 0.246 e. The van der Waals surface area contributed by atoms with Gasteiger partial charge in [0.05, 0.1) is 29.6 Å². The Morgan fingerprint density at radius 3 is 2.68 bits per heavy atom. The molecule has 2 aromatic carbocycles. The Bertz CT molecular complexity index is 1840. The Balaban J connectivity index is 1.43. The van der Waals surface area contributed by atoms with Crippen molar-refractivity contribution in [3.8, 4) is 12.1 Å². The fraction of sp³-hybridized carbons (Fsp3) is 0.371. The molecule has 1 aliphatic carbocycles. The van der Waals surface area contributed by atoms with Crippen molar-refractivity contribution in [1.82, 2.24) is 14.7 Å². The lowest BCUT2D eigenvalue weighted by atomic mass is 9.82. The van der Waals surface area contributed by atoms with E-state index in [0.717, 1.165) is 5.39 Å². The smallest absolute Gasteiger partial charge is 0.246 e. The van der Waals surface area contributed by atoms with Crippen LogP contribution in [-0.2, 0) is 9.53 Å². The highest BCUT2D eigenvalue weighted by Crippen LogP contribution is 2.44. The summed E-state index contributed by atoms with van der Waals surface area (Å²) in [6.07, 6.45) is 4.38. The second kappa shape index (κ2) is 13.5. The fourth-order valence-corrected chi connectivity index (χ4v) is 7.59. The number of likely N-dealkylation sites (N-methyl/N-ethyl adjacent to an activating group) is 1. The van der Waals surface area contributed by atoms with Gasteiger partial charge in [-0.25, -0.2) is 13.8 Å². The largest absolute Gasteiger partial charge is 0.475 e. The van der Waals surface area contributed by atoms with Crippen LogP contribution in [0.1, 0.15) is 18.4 Å². The molecule has 0 aromatic heterocycles. The van der Waals surface area contributed by atoms with Crippen molar-refractivity contribution in [3.05, 3.63) is 87.8 Å². The van der Waals surface area contributed by atoms with Crippen molar-refractivity contribution in [2.75, 3.05) is 39.8 Å². The summed E-state index contributed by atoms with van der Waals surface area (Å²) >= 11 is 13.5.